The maximum atomic E-state index is 10.5. The molecule has 0 bridgehead atoms. The smallest absolute Gasteiger partial charge is 0.190 e. The number of hydrogen-bond donors (Lipinski definition) is 0. The molecular formula is C36H20N4. The third-order valence-electron chi connectivity index (χ3n) is 7.93. The molecule has 4 nitrogen and oxygen atoms in total. The lowest BCUT2D eigenvalue weighted by Crippen LogP contribution is -2.06. The molecule has 0 unspecified atom stereocenters. The summed E-state index contributed by atoms with van der Waals surface area (Å²) in [5.74, 6) is 0. The first-order valence-electron chi connectivity index (χ1n) is 13.1. The molecule has 0 saturated heterocycles. The second-order valence-electron chi connectivity index (χ2n) is 9.99. The molecule has 0 aliphatic carbocycles. The van der Waals surface area contributed by atoms with Gasteiger partial charge in [-0.05, 0) is 35.7 Å². The molecule has 0 spiro atoms. The van der Waals surface area contributed by atoms with Crippen LogP contribution in [0.4, 0.5) is 5.69 Å². The predicted octanol–water partition coefficient (Wildman–Crippen LogP) is 9.46. The molecule has 0 amide bonds. The Morgan fingerprint density at radius 3 is 1.75 bits per heavy atom. The van der Waals surface area contributed by atoms with E-state index in [0.29, 0.717) is 11.3 Å². The predicted molar refractivity (Wildman–Crippen MR) is 164 cm³/mol. The molecular weight excluding hydrogens is 488 g/mol. The van der Waals surface area contributed by atoms with Gasteiger partial charge in [0, 0.05) is 26.9 Å². The van der Waals surface area contributed by atoms with Gasteiger partial charge >= 0.3 is 0 Å². The molecule has 0 atom stereocenters. The number of rotatable bonds is 2. The normalized spacial score (nSPS) is 11.4. The number of nitriles is 1. The number of nitrogens with zero attached hydrogens (tertiary/aromatic N) is 4. The first kappa shape index (κ1) is 22.2. The molecule has 0 N–H and O–H groups in total. The van der Waals surface area contributed by atoms with E-state index in [1.165, 1.54) is 0 Å². The van der Waals surface area contributed by atoms with Crippen molar-refractivity contribution in [2.45, 2.75) is 0 Å². The monoisotopic (exact) mass is 508 g/mol. The highest BCUT2D eigenvalue weighted by molar-refractivity contribution is 6.19. The SMILES string of the molecule is [C-]#[N+]c1cc(C#N)c(-n2c3ccccc3c3ccccc32)c(-n2c3ccccc3c3ccc4ccccc4c32)c1. The molecule has 0 fully saturated rings. The van der Waals surface area contributed by atoms with Crippen molar-refractivity contribution >= 4 is 60.1 Å². The summed E-state index contributed by atoms with van der Waals surface area (Å²) in [6, 6.07) is 43.8. The van der Waals surface area contributed by atoms with E-state index in [2.05, 4.69) is 98.9 Å². The van der Waals surface area contributed by atoms with E-state index in [9.17, 15) is 5.26 Å². The maximum absolute atomic E-state index is 10.5. The van der Waals surface area contributed by atoms with Gasteiger partial charge in [0.25, 0.3) is 0 Å². The summed E-state index contributed by atoms with van der Waals surface area (Å²) >= 11 is 0. The first-order valence-corrected chi connectivity index (χ1v) is 13.1. The van der Waals surface area contributed by atoms with E-state index in [1.54, 1.807) is 6.07 Å². The van der Waals surface area contributed by atoms with Crippen LogP contribution in [0.3, 0.4) is 0 Å². The first-order chi connectivity index (χ1) is 19.8. The minimum Gasteiger partial charge on any atom is -0.308 e. The highest BCUT2D eigenvalue weighted by Gasteiger charge is 2.23. The third kappa shape index (κ3) is 2.93. The molecule has 0 saturated carbocycles. The standard InChI is InChI=1S/C36H20N4/c1-38-25-20-24(22-37)35(39-31-15-7-4-12-27(31)28-13-5-8-16-32(28)39)34(21-25)40-33-17-9-6-14-29(33)30-19-18-23-10-2-3-11-26(23)36(30)40/h2-21H. The zero-order chi connectivity index (χ0) is 26.8. The summed E-state index contributed by atoms with van der Waals surface area (Å²) in [4.78, 5) is 3.80. The molecule has 2 aromatic heterocycles. The van der Waals surface area contributed by atoms with Crippen LogP contribution in [0, 0.1) is 17.9 Å². The molecule has 8 rings (SSSR count). The van der Waals surface area contributed by atoms with Gasteiger partial charge in [-0.25, -0.2) is 4.85 Å². The number of hydrogen-bond acceptors (Lipinski definition) is 1. The van der Waals surface area contributed by atoms with Crippen LogP contribution >= 0.6 is 0 Å². The van der Waals surface area contributed by atoms with E-state index < -0.39 is 0 Å². The number of fused-ring (bicyclic) bond motifs is 8. The fourth-order valence-corrected chi connectivity index (χ4v) is 6.30. The van der Waals surface area contributed by atoms with Gasteiger partial charge in [-0.1, -0.05) is 91.0 Å². The Labute approximate surface area is 230 Å². The van der Waals surface area contributed by atoms with E-state index in [-0.39, 0.29) is 0 Å². The minimum absolute atomic E-state index is 0.433. The average molecular weight is 509 g/mol. The lowest BCUT2D eigenvalue weighted by atomic mass is 10.1. The van der Waals surface area contributed by atoms with Crippen molar-refractivity contribution in [1.29, 1.82) is 5.26 Å². The molecule has 0 radical (unpaired) electrons. The molecule has 0 aliphatic rings. The Morgan fingerprint density at radius 2 is 1.12 bits per heavy atom. The Bertz CT molecular complexity index is 2350. The van der Waals surface area contributed by atoms with Gasteiger partial charge in [0.1, 0.15) is 6.07 Å². The van der Waals surface area contributed by atoms with Gasteiger partial charge in [-0.15, -0.1) is 0 Å². The Kier molecular flexibility index (Phi) is 4.62. The summed E-state index contributed by atoms with van der Waals surface area (Å²) in [7, 11) is 0. The van der Waals surface area contributed by atoms with E-state index in [1.807, 2.05) is 36.4 Å². The molecule has 8 aromatic rings. The van der Waals surface area contributed by atoms with Crippen LogP contribution in [0.2, 0.25) is 0 Å². The van der Waals surface area contributed by atoms with E-state index in [0.717, 1.165) is 65.8 Å². The van der Waals surface area contributed by atoms with Crippen molar-refractivity contribution < 1.29 is 0 Å². The van der Waals surface area contributed by atoms with Gasteiger partial charge in [0.2, 0.25) is 0 Å². The highest BCUT2D eigenvalue weighted by atomic mass is 15.1. The van der Waals surface area contributed by atoms with E-state index in [4.69, 9.17) is 6.57 Å². The second kappa shape index (κ2) is 8.33. The quantitative estimate of drug-likeness (QED) is 0.214. The van der Waals surface area contributed by atoms with Crippen molar-refractivity contribution in [1.82, 2.24) is 9.13 Å². The van der Waals surface area contributed by atoms with Crippen LogP contribution in [0.5, 0.6) is 0 Å². The Hall–Kier alpha value is -5.84. The topological polar surface area (TPSA) is 38.0 Å². The molecule has 0 aliphatic heterocycles. The lowest BCUT2D eigenvalue weighted by molar-refractivity contribution is 1.09. The van der Waals surface area contributed by atoms with Crippen LogP contribution in [0.15, 0.2) is 121 Å². The van der Waals surface area contributed by atoms with Gasteiger partial charge in [-0.2, -0.15) is 5.26 Å². The summed E-state index contributed by atoms with van der Waals surface area (Å²) in [6.45, 7) is 7.90. The van der Waals surface area contributed by atoms with Crippen LogP contribution in [0.1, 0.15) is 5.56 Å². The number of aromatic nitrogens is 2. The van der Waals surface area contributed by atoms with Crippen molar-refractivity contribution in [3.05, 3.63) is 138 Å². The fourth-order valence-electron chi connectivity index (χ4n) is 6.30. The zero-order valence-electron chi connectivity index (χ0n) is 21.3. The fraction of sp³-hybridized carbons (Fsp3) is 0. The second-order valence-corrected chi connectivity index (χ2v) is 9.99. The van der Waals surface area contributed by atoms with Gasteiger partial charge in [0.05, 0.1) is 45.6 Å². The summed E-state index contributed by atoms with van der Waals surface area (Å²) < 4.78 is 4.44. The van der Waals surface area contributed by atoms with Crippen molar-refractivity contribution in [3.8, 4) is 17.4 Å². The largest absolute Gasteiger partial charge is 0.308 e. The summed E-state index contributed by atoms with van der Waals surface area (Å²) in [5.41, 5.74) is 6.59. The molecule has 40 heavy (non-hydrogen) atoms. The van der Waals surface area contributed by atoms with Gasteiger partial charge in [0.15, 0.2) is 5.69 Å². The Morgan fingerprint density at radius 1 is 0.575 bits per heavy atom. The molecule has 4 heteroatoms. The summed E-state index contributed by atoms with van der Waals surface area (Å²) in [6.07, 6.45) is 0. The van der Waals surface area contributed by atoms with Crippen LogP contribution < -0.4 is 0 Å². The minimum atomic E-state index is 0.433. The molecule has 2 heterocycles. The van der Waals surface area contributed by atoms with Crippen molar-refractivity contribution in [2.24, 2.45) is 0 Å². The van der Waals surface area contributed by atoms with E-state index >= 15 is 0 Å². The average Bonchev–Trinajstić information content (AvgIpc) is 3.53. The van der Waals surface area contributed by atoms with Crippen molar-refractivity contribution in [2.75, 3.05) is 0 Å². The maximum Gasteiger partial charge on any atom is 0.190 e. The highest BCUT2D eigenvalue weighted by Crippen LogP contribution is 2.42. The molecule has 184 valence electrons. The summed E-state index contributed by atoms with van der Waals surface area (Å²) in [5, 5.41) is 17.3. The van der Waals surface area contributed by atoms with Crippen LogP contribution in [-0.4, -0.2) is 9.13 Å². The lowest BCUT2D eigenvalue weighted by Gasteiger charge is -2.19. The Balaban J connectivity index is 1.65. The number of benzene rings is 6. The molecule has 6 aromatic carbocycles. The zero-order valence-corrected chi connectivity index (χ0v) is 21.3. The van der Waals surface area contributed by atoms with Crippen LogP contribution in [-0.2, 0) is 0 Å². The van der Waals surface area contributed by atoms with Crippen molar-refractivity contribution in [3.63, 3.8) is 0 Å². The number of para-hydroxylation sites is 3. The van der Waals surface area contributed by atoms with Gasteiger partial charge in [-0.3, -0.25) is 0 Å². The van der Waals surface area contributed by atoms with Gasteiger partial charge < -0.3 is 9.13 Å². The third-order valence-corrected chi connectivity index (χ3v) is 7.93. The van der Waals surface area contributed by atoms with Crippen LogP contribution in [0.25, 0.3) is 70.6 Å².